The smallest absolute Gasteiger partial charge is 0.293 e. The van der Waals surface area contributed by atoms with Crippen molar-refractivity contribution in [1.29, 1.82) is 0 Å². The van der Waals surface area contributed by atoms with Crippen LogP contribution in [0.4, 0.5) is 5.95 Å². The standard InChI is InChI=1S/C15H13Cl2N5O2/c1-2-7-22-20-15(19-21-22)18-14(23)13-6-5-12(24-13)9-3-4-10(16)11(17)8-9/h3-6,8H,2,7H2,1H3,(H,18,20,23). The van der Waals surface area contributed by atoms with E-state index in [0.717, 1.165) is 12.0 Å². The first-order chi connectivity index (χ1) is 11.6. The van der Waals surface area contributed by atoms with Gasteiger partial charge in [-0.05, 0) is 42.0 Å². The zero-order valence-electron chi connectivity index (χ0n) is 12.7. The van der Waals surface area contributed by atoms with E-state index in [2.05, 4.69) is 20.7 Å². The fraction of sp³-hybridized carbons (Fsp3) is 0.200. The molecule has 0 bridgehead atoms. The zero-order chi connectivity index (χ0) is 17.1. The van der Waals surface area contributed by atoms with Gasteiger partial charge in [0.2, 0.25) is 0 Å². The number of rotatable bonds is 5. The monoisotopic (exact) mass is 365 g/mol. The lowest BCUT2D eigenvalue weighted by molar-refractivity contribution is 0.0996. The highest BCUT2D eigenvalue weighted by Gasteiger charge is 2.15. The first-order valence-electron chi connectivity index (χ1n) is 7.21. The van der Waals surface area contributed by atoms with Crippen molar-refractivity contribution in [2.45, 2.75) is 19.9 Å². The van der Waals surface area contributed by atoms with Crippen molar-refractivity contribution >= 4 is 35.1 Å². The summed E-state index contributed by atoms with van der Waals surface area (Å²) in [7, 11) is 0. The van der Waals surface area contributed by atoms with Crippen molar-refractivity contribution in [3.8, 4) is 11.3 Å². The Kier molecular flexibility index (Phi) is 4.82. The molecule has 7 nitrogen and oxygen atoms in total. The number of carbonyl (C=O) groups is 1. The van der Waals surface area contributed by atoms with Crippen LogP contribution in [0.2, 0.25) is 10.0 Å². The molecule has 0 spiro atoms. The van der Waals surface area contributed by atoms with Crippen molar-refractivity contribution in [2.75, 3.05) is 5.32 Å². The third kappa shape index (κ3) is 3.58. The maximum Gasteiger partial charge on any atom is 0.293 e. The number of hydrogen-bond acceptors (Lipinski definition) is 5. The number of amides is 1. The van der Waals surface area contributed by atoms with Crippen LogP contribution < -0.4 is 5.32 Å². The molecule has 0 aliphatic carbocycles. The minimum absolute atomic E-state index is 0.126. The fourth-order valence-corrected chi connectivity index (χ4v) is 2.31. The Morgan fingerprint density at radius 3 is 2.83 bits per heavy atom. The molecule has 2 aromatic heterocycles. The van der Waals surface area contributed by atoms with Crippen molar-refractivity contribution in [3.63, 3.8) is 0 Å². The molecule has 124 valence electrons. The van der Waals surface area contributed by atoms with Crippen LogP contribution in [-0.4, -0.2) is 26.1 Å². The third-order valence-electron chi connectivity index (χ3n) is 3.14. The molecule has 9 heteroatoms. The molecule has 3 rings (SSSR count). The van der Waals surface area contributed by atoms with E-state index in [0.29, 0.717) is 22.4 Å². The van der Waals surface area contributed by atoms with Crippen LogP contribution in [0, 0.1) is 0 Å². The number of halogens is 2. The normalized spacial score (nSPS) is 10.8. The molecule has 0 aliphatic rings. The molecule has 3 aromatic rings. The molecule has 0 saturated carbocycles. The SMILES string of the molecule is CCCn1nnc(NC(=O)c2ccc(-c3ccc(Cl)c(Cl)c3)o2)n1. The van der Waals surface area contributed by atoms with Crippen molar-refractivity contribution in [3.05, 3.63) is 46.1 Å². The molecule has 1 aromatic carbocycles. The summed E-state index contributed by atoms with van der Waals surface area (Å²) >= 11 is 11.9. The number of hydrogen-bond donors (Lipinski definition) is 1. The average Bonchev–Trinajstić information content (AvgIpc) is 3.20. The number of nitrogens with one attached hydrogen (secondary N) is 1. The van der Waals surface area contributed by atoms with Gasteiger partial charge in [0.05, 0.1) is 16.6 Å². The van der Waals surface area contributed by atoms with Crippen molar-refractivity contribution in [2.24, 2.45) is 0 Å². The van der Waals surface area contributed by atoms with Gasteiger partial charge in [-0.3, -0.25) is 10.1 Å². The van der Waals surface area contributed by atoms with Gasteiger partial charge in [0.15, 0.2) is 5.76 Å². The molecule has 0 aliphatic heterocycles. The van der Waals surface area contributed by atoms with Gasteiger partial charge in [0.1, 0.15) is 5.76 Å². The van der Waals surface area contributed by atoms with E-state index < -0.39 is 5.91 Å². The van der Waals surface area contributed by atoms with E-state index in [1.165, 1.54) is 4.80 Å². The number of anilines is 1. The summed E-state index contributed by atoms with van der Waals surface area (Å²) in [6, 6.07) is 8.33. The number of aromatic nitrogens is 4. The van der Waals surface area contributed by atoms with Gasteiger partial charge in [0, 0.05) is 5.56 Å². The number of tetrazole rings is 1. The third-order valence-corrected chi connectivity index (χ3v) is 3.87. The molecule has 0 radical (unpaired) electrons. The highest BCUT2D eigenvalue weighted by atomic mass is 35.5. The lowest BCUT2D eigenvalue weighted by atomic mass is 10.2. The molecule has 2 heterocycles. The number of benzene rings is 1. The highest BCUT2D eigenvalue weighted by molar-refractivity contribution is 6.42. The first kappa shape index (κ1) is 16.5. The van der Waals surface area contributed by atoms with Gasteiger partial charge in [-0.25, -0.2) is 0 Å². The molecular formula is C15H13Cl2N5O2. The van der Waals surface area contributed by atoms with Gasteiger partial charge in [-0.15, -0.1) is 5.10 Å². The quantitative estimate of drug-likeness (QED) is 0.740. The summed E-state index contributed by atoms with van der Waals surface area (Å²) in [5.74, 6) is 0.294. The number of furan rings is 1. The second-order valence-electron chi connectivity index (χ2n) is 4.96. The van der Waals surface area contributed by atoms with Crippen LogP contribution in [0.3, 0.4) is 0 Å². The topological polar surface area (TPSA) is 85.8 Å². The molecule has 24 heavy (non-hydrogen) atoms. The van der Waals surface area contributed by atoms with Gasteiger partial charge < -0.3 is 4.42 Å². The Hall–Kier alpha value is -2.38. The van der Waals surface area contributed by atoms with E-state index in [1.54, 1.807) is 30.3 Å². The molecular weight excluding hydrogens is 353 g/mol. The van der Waals surface area contributed by atoms with Crippen molar-refractivity contribution < 1.29 is 9.21 Å². The van der Waals surface area contributed by atoms with Gasteiger partial charge in [-0.2, -0.15) is 4.80 Å². The van der Waals surface area contributed by atoms with Crippen molar-refractivity contribution in [1.82, 2.24) is 20.2 Å². The maximum absolute atomic E-state index is 12.2. The summed E-state index contributed by atoms with van der Waals surface area (Å²) in [6.07, 6.45) is 0.870. The van der Waals surface area contributed by atoms with Crippen LogP contribution in [0.15, 0.2) is 34.7 Å². The molecule has 0 saturated heterocycles. The minimum Gasteiger partial charge on any atom is -0.451 e. The molecule has 0 unspecified atom stereocenters. The van der Waals surface area contributed by atoms with Gasteiger partial charge in [0.25, 0.3) is 11.9 Å². The number of aryl methyl sites for hydroxylation is 1. The number of carbonyl (C=O) groups excluding carboxylic acids is 1. The Labute approximate surface area is 147 Å². The van der Waals surface area contributed by atoms with Crippen LogP contribution >= 0.6 is 23.2 Å². The summed E-state index contributed by atoms with van der Waals surface area (Å²) in [6.45, 7) is 2.63. The Morgan fingerprint density at radius 2 is 2.08 bits per heavy atom. The number of nitrogens with zero attached hydrogens (tertiary/aromatic N) is 4. The van der Waals surface area contributed by atoms with E-state index in [4.69, 9.17) is 27.6 Å². The summed E-state index contributed by atoms with van der Waals surface area (Å²) in [5, 5.41) is 15.0. The predicted molar refractivity (Wildman–Crippen MR) is 90.2 cm³/mol. The van der Waals surface area contributed by atoms with Crippen LogP contribution in [0.25, 0.3) is 11.3 Å². The van der Waals surface area contributed by atoms with E-state index >= 15 is 0 Å². The van der Waals surface area contributed by atoms with Gasteiger partial charge >= 0.3 is 0 Å². The summed E-state index contributed by atoms with van der Waals surface area (Å²) in [5.41, 5.74) is 0.718. The van der Waals surface area contributed by atoms with E-state index in [9.17, 15) is 4.79 Å². The molecule has 1 N–H and O–H groups in total. The average molecular weight is 366 g/mol. The largest absolute Gasteiger partial charge is 0.451 e. The summed E-state index contributed by atoms with van der Waals surface area (Å²) in [4.78, 5) is 13.6. The van der Waals surface area contributed by atoms with E-state index in [1.807, 2.05) is 6.92 Å². The fourth-order valence-electron chi connectivity index (χ4n) is 2.02. The Morgan fingerprint density at radius 1 is 1.25 bits per heavy atom. The first-order valence-corrected chi connectivity index (χ1v) is 7.97. The maximum atomic E-state index is 12.2. The van der Waals surface area contributed by atoms with Gasteiger partial charge in [-0.1, -0.05) is 35.2 Å². The lowest BCUT2D eigenvalue weighted by Crippen LogP contribution is -2.12. The Bertz CT molecular complexity index is 874. The second kappa shape index (κ2) is 7.02. The Balaban J connectivity index is 1.74. The predicted octanol–water partition coefficient (Wildman–Crippen LogP) is 3.90. The minimum atomic E-state index is -0.461. The second-order valence-corrected chi connectivity index (χ2v) is 5.77. The molecule has 1 amide bonds. The van der Waals surface area contributed by atoms with E-state index in [-0.39, 0.29) is 11.7 Å². The van der Waals surface area contributed by atoms with Crippen LogP contribution in [-0.2, 0) is 6.54 Å². The lowest BCUT2D eigenvalue weighted by Gasteiger charge is -2.00. The molecule has 0 fully saturated rings. The summed E-state index contributed by atoms with van der Waals surface area (Å²) < 4.78 is 5.56. The highest BCUT2D eigenvalue weighted by Crippen LogP contribution is 2.29. The zero-order valence-corrected chi connectivity index (χ0v) is 14.2. The molecule has 0 atom stereocenters. The van der Waals surface area contributed by atoms with Crippen LogP contribution in [0.1, 0.15) is 23.9 Å². The van der Waals surface area contributed by atoms with Crippen LogP contribution in [0.5, 0.6) is 0 Å².